The highest BCUT2D eigenvalue weighted by molar-refractivity contribution is 5.74. The zero-order valence-electron chi connectivity index (χ0n) is 7.90. The van der Waals surface area contributed by atoms with Crippen LogP contribution in [0.15, 0.2) is 12.2 Å². The van der Waals surface area contributed by atoms with Crippen LogP contribution in [-0.2, 0) is 9.53 Å². The summed E-state index contributed by atoms with van der Waals surface area (Å²) in [5.41, 5.74) is 0. The van der Waals surface area contributed by atoms with Crippen LogP contribution in [0.4, 0.5) is 0 Å². The Bertz CT molecular complexity index is 198. The number of aliphatic hydroxyl groups is 1. The molecule has 2 unspecified atom stereocenters. The summed E-state index contributed by atoms with van der Waals surface area (Å²) in [6, 6.07) is 0. The summed E-state index contributed by atoms with van der Waals surface area (Å²) < 4.78 is 4.74. The van der Waals surface area contributed by atoms with Gasteiger partial charge in [0.25, 0.3) is 0 Å². The monoisotopic (exact) mass is 184 g/mol. The van der Waals surface area contributed by atoms with E-state index in [1.54, 1.807) is 6.92 Å². The topological polar surface area (TPSA) is 46.5 Å². The fraction of sp³-hybridized carbons (Fsp3) is 0.700. The molecule has 3 heteroatoms. The number of hydrogen-bond donors (Lipinski definition) is 1. The molecule has 1 aliphatic rings. The van der Waals surface area contributed by atoms with Crippen LogP contribution in [0.3, 0.4) is 0 Å². The average molecular weight is 184 g/mol. The van der Waals surface area contributed by atoms with E-state index in [-0.39, 0.29) is 5.92 Å². The molecule has 2 atom stereocenters. The first-order valence-corrected chi connectivity index (χ1v) is 4.75. The van der Waals surface area contributed by atoms with Gasteiger partial charge in [0.1, 0.15) is 0 Å². The summed E-state index contributed by atoms with van der Waals surface area (Å²) >= 11 is 0. The predicted octanol–water partition coefficient (Wildman–Crippen LogP) is 1.27. The number of ether oxygens (including phenoxy) is 1. The molecule has 1 aliphatic carbocycles. The Morgan fingerprint density at radius 3 is 3.00 bits per heavy atom. The maximum atomic E-state index is 11.1. The third kappa shape index (κ3) is 2.84. The lowest BCUT2D eigenvalue weighted by Crippen LogP contribution is -2.31. The number of hydrogen-bond acceptors (Lipinski definition) is 3. The third-order valence-electron chi connectivity index (χ3n) is 2.28. The van der Waals surface area contributed by atoms with Crippen molar-refractivity contribution in [3.05, 3.63) is 12.2 Å². The van der Waals surface area contributed by atoms with E-state index in [1.807, 2.05) is 6.08 Å². The molecule has 0 radical (unpaired) electrons. The van der Waals surface area contributed by atoms with Gasteiger partial charge in [0.2, 0.25) is 0 Å². The van der Waals surface area contributed by atoms with Crippen molar-refractivity contribution in [2.45, 2.75) is 32.3 Å². The van der Waals surface area contributed by atoms with Crippen LogP contribution in [0.1, 0.15) is 26.2 Å². The van der Waals surface area contributed by atoms with Crippen molar-refractivity contribution in [2.24, 2.45) is 5.92 Å². The Balaban J connectivity index is 2.41. The van der Waals surface area contributed by atoms with Gasteiger partial charge < -0.3 is 9.84 Å². The van der Waals surface area contributed by atoms with E-state index in [0.717, 1.165) is 19.3 Å². The van der Waals surface area contributed by atoms with Gasteiger partial charge in [-0.2, -0.15) is 0 Å². The van der Waals surface area contributed by atoms with Crippen molar-refractivity contribution in [2.75, 3.05) is 6.61 Å². The van der Waals surface area contributed by atoms with Crippen LogP contribution in [0.5, 0.6) is 0 Å². The highest BCUT2D eigenvalue weighted by Gasteiger charge is 2.26. The van der Waals surface area contributed by atoms with E-state index in [9.17, 15) is 9.90 Å². The number of rotatable bonds is 3. The van der Waals surface area contributed by atoms with Gasteiger partial charge in [-0.05, 0) is 32.1 Å². The molecule has 0 saturated heterocycles. The van der Waals surface area contributed by atoms with Gasteiger partial charge in [-0.15, -0.1) is 0 Å². The van der Waals surface area contributed by atoms with Crippen molar-refractivity contribution in [3.8, 4) is 0 Å². The van der Waals surface area contributed by atoms with E-state index in [2.05, 4.69) is 6.08 Å². The molecule has 0 aromatic carbocycles. The molecule has 3 nitrogen and oxygen atoms in total. The molecular weight excluding hydrogens is 168 g/mol. The van der Waals surface area contributed by atoms with E-state index >= 15 is 0 Å². The third-order valence-corrected chi connectivity index (χ3v) is 2.28. The second-order valence-corrected chi connectivity index (χ2v) is 3.24. The van der Waals surface area contributed by atoms with Crippen LogP contribution in [0.2, 0.25) is 0 Å². The maximum absolute atomic E-state index is 11.1. The highest BCUT2D eigenvalue weighted by atomic mass is 16.5. The van der Waals surface area contributed by atoms with Crippen molar-refractivity contribution < 1.29 is 14.6 Å². The summed E-state index contributed by atoms with van der Waals surface area (Å²) in [7, 11) is 0. The Hall–Kier alpha value is -0.830. The second-order valence-electron chi connectivity index (χ2n) is 3.24. The summed E-state index contributed by atoms with van der Waals surface area (Å²) in [6.07, 6.45) is 5.74. The number of aliphatic hydroxyl groups excluding tert-OH is 1. The molecule has 0 heterocycles. The van der Waals surface area contributed by atoms with Crippen molar-refractivity contribution in [1.82, 2.24) is 0 Å². The van der Waals surface area contributed by atoms with Gasteiger partial charge in [0.05, 0.1) is 6.61 Å². The number of esters is 1. The minimum atomic E-state index is -0.940. The van der Waals surface area contributed by atoms with Crippen LogP contribution in [-0.4, -0.2) is 23.8 Å². The molecule has 0 bridgehead atoms. The minimum absolute atomic E-state index is 0.0454. The van der Waals surface area contributed by atoms with Gasteiger partial charge in [0.15, 0.2) is 6.10 Å². The zero-order valence-corrected chi connectivity index (χ0v) is 7.90. The average Bonchev–Trinajstić information content (AvgIpc) is 2.18. The fourth-order valence-electron chi connectivity index (χ4n) is 1.52. The molecule has 1 N–H and O–H groups in total. The number of carbonyl (C=O) groups is 1. The molecule has 74 valence electrons. The first kappa shape index (κ1) is 10.3. The lowest BCUT2D eigenvalue weighted by molar-refractivity contribution is -0.156. The minimum Gasteiger partial charge on any atom is -0.464 e. The smallest absolute Gasteiger partial charge is 0.335 e. The summed E-state index contributed by atoms with van der Waals surface area (Å²) in [5, 5.41) is 9.57. The van der Waals surface area contributed by atoms with Crippen LogP contribution < -0.4 is 0 Å². The molecule has 0 spiro atoms. The second kappa shape index (κ2) is 5.02. The Morgan fingerprint density at radius 2 is 2.46 bits per heavy atom. The highest BCUT2D eigenvalue weighted by Crippen LogP contribution is 2.22. The van der Waals surface area contributed by atoms with Crippen LogP contribution >= 0.6 is 0 Å². The molecular formula is C10H16O3. The first-order valence-electron chi connectivity index (χ1n) is 4.75. The standard InChI is InChI=1S/C10H16O3/c1-2-13-10(12)9(11)8-6-4-3-5-7-8/h3-4,8-9,11H,2,5-7H2,1H3. The van der Waals surface area contributed by atoms with Gasteiger partial charge >= 0.3 is 5.97 Å². The zero-order chi connectivity index (χ0) is 9.68. The Morgan fingerprint density at radius 1 is 1.69 bits per heavy atom. The molecule has 0 aromatic heterocycles. The number of allylic oxidation sites excluding steroid dienone is 2. The van der Waals surface area contributed by atoms with E-state index in [4.69, 9.17) is 4.74 Å². The van der Waals surface area contributed by atoms with Gasteiger partial charge in [-0.25, -0.2) is 4.79 Å². The number of carbonyl (C=O) groups excluding carboxylic acids is 1. The summed E-state index contributed by atoms with van der Waals surface area (Å²) in [4.78, 5) is 11.1. The normalized spacial score (nSPS) is 24.0. The largest absolute Gasteiger partial charge is 0.464 e. The SMILES string of the molecule is CCOC(=O)C(O)C1CC=CCC1. The fourth-order valence-corrected chi connectivity index (χ4v) is 1.52. The summed E-state index contributed by atoms with van der Waals surface area (Å²) in [5.74, 6) is -0.438. The van der Waals surface area contributed by atoms with E-state index < -0.39 is 12.1 Å². The molecule has 0 aromatic rings. The van der Waals surface area contributed by atoms with E-state index in [0.29, 0.717) is 6.61 Å². The van der Waals surface area contributed by atoms with Crippen LogP contribution in [0, 0.1) is 5.92 Å². The Kier molecular flexibility index (Phi) is 3.96. The quantitative estimate of drug-likeness (QED) is 0.530. The van der Waals surface area contributed by atoms with Crippen molar-refractivity contribution >= 4 is 5.97 Å². The summed E-state index contributed by atoms with van der Waals surface area (Å²) in [6.45, 7) is 2.07. The molecule has 13 heavy (non-hydrogen) atoms. The molecule has 0 saturated carbocycles. The van der Waals surface area contributed by atoms with Crippen molar-refractivity contribution in [1.29, 1.82) is 0 Å². The molecule has 0 aliphatic heterocycles. The van der Waals surface area contributed by atoms with Crippen LogP contribution in [0.25, 0.3) is 0 Å². The van der Waals surface area contributed by atoms with Gasteiger partial charge in [-0.1, -0.05) is 12.2 Å². The van der Waals surface area contributed by atoms with Gasteiger partial charge in [-0.3, -0.25) is 0 Å². The van der Waals surface area contributed by atoms with Crippen molar-refractivity contribution in [3.63, 3.8) is 0 Å². The van der Waals surface area contributed by atoms with Gasteiger partial charge in [0, 0.05) is 0 Å². The Labute approximate surface area is 78.4 Å². The molecule has 0 amide bonds. The molecule has 0 fully saturated rings. The maximum Gasteiger partial charge on any atom is 0.335 e. The van der Waals surface area contributed by atoms with E-state index in [1.165, 1.54) is 0 Å². The first-order chi connectivity index (χ1) is 6.25. The lowest BCUT2D eigenvalue weighted by Gasteiger charge is -2.21. The lowest BCUT2D eigenvalue weighted by atomic mass is 9.89. The predicted molar refractivity (Wildman–Crippen MR) is 49.1 cm³/mol. The molecule has 1 rings (SSSR count).